The van der Waals surface area contributed by atoms with Gasteiger partial charge in [-0.05, 0) is 90.8 Å². The molecule has 0 aromatic heterocycles. The lowest BCUT2D eigenvalue weighted by molar-refractivity contribution is -0.384. The number of non-ortho nitro benzene ring substituents is 1. The van der Waals surface area contributed by atoms with Gasteiger partial charge >= 0.3 is 5.97 Å². The Morgan fingerprint density at radius 3 is 2.10 bits per heavy atom. The first kappa shape index (κ1) is 29.0. The fraction of sp³-hybridized carbons (Fsp3) is 0.176. The van der Waals surface area contributed by atoms with E-state index in [1.54, 1.807) is 24.3 Å². The summed E-state index contributed by atoms with van der Waals surface area (Å²) in [4.78, 5) is 35.0. The second kappa shape index (κ2) is 12.9. The average Bonchev–Trinajstić information content (AvgIpc) is 2.98. The van der Waals surface area contributed by atoms with Crippen LogP contribution in [0.3, 0.4) is 0 Å². The standard InChI is InChI=1S/C34H32N2O5/c1-22(2)23(3)32-20-28(33(37)35-21-25-11-18-29(19-12-25)36(40)41)17-16-27(32)15-10-24-8-13-26(14-9-24)30-6-4-5-7-31(30)34(38)39/h4-9,11-14,16-20H,10,15,21H2,1-3H3,(H,35,37)(H,38,39). The number of carboxylic acids is 1. The minimum Gasteiger partial charge on any atom is -0.478 e. The maximum absolute atomic E-state index is 13.0. The summed E-state index contributed by atoms with van der Waals surface area (Å²) in [5.41, 5.74) is 8.74. The molecule has 2 N–H and O–H groups in total. The Kier molecular flexibility index (Phi) is 9.09. The van der Waals surface area contributed by atoms with Crippen molar-refractivity contribution >= 4 is 23.1 Å². The van der Waals surface area contributed by atoms with Crippen molar-refractivity contribution in [2.75, 3.05) is 0 Å². The monoisotopic (exact) mass is 548 g/mol. The Labute approximate surface area is 239 Å². The molecule has 1 amide bonds. The fourth-order valence-corrected chi connectivity index (χ4v) is 4.63. The number of carbonyl (C=O) groups is 2. The van der Waals surface area contributed by atoms with Crippen LogP contribution < -0.4 is 5.32 Å². The first-order chi connectivity index (χ1) is 19.6. The van der Waals surface area contributed by atoms with Crippen LogP contribution in [-0.2, 0) is 19.4 Å². The van der Waals surface area contributed by atoms with Crippen LogP contribution in [0, 0.1) is 10.1 Å². The van der Waals surface area contributed by atoms with Crippen molar-refractivity contribution in [2.24, 2.45) is 0 Å². The van der Waals surface area contributed by atoms with Gasteiger partial charge in [-0.15, -0.1) is 0 Å². The van der Waals surface area contributed by atoms with Gasteiger partial charge in [-0.3, -0.25) is 14.9 Å². The molecular weight excluding hydrogens is 516 g/mol. The van der Waals surface area contributed by atoms with Gasteiger partial charge in [0.15, 0.2) is 0 Å². The zero-order valence-electron chi connectivity index (χ0n) is 23.3. The van der Waals surface area contributed by atoms with Crippen LogP contribution in [-0.4, -0.2) is 21.9 Å². The summed E-state index contributed by atoms with van der Waals surface area (Å²) < 4.78 is 0. The van der Waals surface area contributed by atoms with Crippen molar-refractivity contribution in [3.05, 3.63) is 140 Å². The van der Waals surface area contributed by atoms with Crippen molar-refractivity contribution in [3.8, 4) is 11.1 Å². The number of carboxylic acid groups (broad SMARTS) is 1. The number of allylic oxidation sites excluding steroid dienone is 2. The van der Waals surface area contributed by atoms with E-state index >= 15 is 0 Å². The van der Waals surface area contributed by atoms with Crippen LogP contribution in [0.4, 0.5) is 5.69 Å². The average molecular weight is 549 g/mol. The number of hydrogen-bond acceptors (Lipinski definition) is 4. The summed E-state index contributed by atoms with van der Waals surface area (Å²) in [6.07, 6.45) is 1.56. The molecule has 0 saturated heterocycles. The second-order valence-corrected chi connectivity index (χ2v) is 10.2. The van der Waals surface area contributed by atoms with Crippen molar-refractivity contribution in [2.45, 2.75) is 40.2 Å². The van der Waals surface area contributed by atoms with Crippen molar-refractivity contribution < 1.29 is 19.6 Å². The van der Waals surface area contributed by atoms with E-state index in [0.29, 0.717) is 11.1 Å². The molecule has 0 aliphatic rings. The highest BCUT2D eigenvalue weighted by molar-refractivity contribution is 5.96. The molecule has 0 atom stereocenters. The fourth-order valence-electron chi connectivity index (χ4n) is 4.63. The molecule has 0 bridgehead atoms. The summed E-state index contributed by atoms with van der Waals surface area (Å²) in [5, 5.41) is 23.3. The predicted octanol–water partition coefficient (Wildman–Crippen LogP) is 7.49. The number of aryl methyl sites for hydroxylation is 2. The Morgan fingerprint density at radius 1 is 0.805 bits per heavy atom. The topological polar surface area (TPSA) is 110 Å². The van der Waals surface area contributed by atoms with Crippen LogP contribution in [0.2, 0.25) is 0 Å². The number of carbonyl (C=O) groups excluding carboxylic acids is 1. The van der Waals surface area contributed by atoms with Gasteiger partial charge in [-0.1, -0.05) is 66.2 Å². The number of benzene rings is 4. The maximum atomic E-state index is 13.0. The minimum atomic E-state index is -0.949. The van der Waals surface area contributed by atoms with Crippen LogP contribution >= 0.6 is 0 Å². The minimum absolute atomic E-state index is 0.0111. The SMILES string of the molecule is CC(C)=C(C)c1cc(C(=O)NCc2ccc([N+](=O)[O-])cc2)ccc1CCc1ccc(-c2ccccc2C(=O)O)cc1. The first-order valence-corrected chi connectivity index (χ1v) is 13.3. The Bertz CT molecular complexity index is 1620. The molecular formula is C34H32N2O5. The van der Waals surface area contributed by atoms with Gasteiger partial charge < -0.3 is 10.4 Å². The lowest BCUT2D eigenvalue weighted by atomic mass is 9.91. The molecule has 0 unspecified atom stereocenters. The quantitative estimate of drug-likeness (QED) is 0.158. The van der Waals surface area contributed by atoms with Crippen molar-refractivity contribution in [1.82, 2.24) is 5.32 Å². The molecule has 0 aliphatic carbocycles. The summed E-state index contributed by atoms with van der Waals surface area (Å²) in [6.45, 7) is 6.42. The Morgan fingerprint density at radius 2 is 1.46 bits per heavy atom. The normalized spacial score (nSPS) is 10.6. The third-order valence-corrected chi connectivity index (χ3v) is 7.23. The molecule has 0 fully saturated rings. The number of nitro groups is 1. The van der Waals surface area contributed by atoms with Gasteiger partial charge in [-0.25, -0.2) is 4.79 Å². The molecule has 0 radical (unpaired) electrons. The number of nitrogens with zero attached hydrogens (tertiary/aromatic N) is 1. The second-order valence-electron chi connectivity index (χ2n) is 10.2. The van der Waals surface area contributed by atoms with Crippen LogP contribution in [0.1, 0.15) is 63.7 Å². The molecule has 0 heterocycles. The molecule has 0 aliphatic heterocycles. The Hall–Kier alpha value is -5.04. The summed E-state index contributed by atoms with van der Waals surface area (Å²) in [5.74, 6) is -1.16. The number of aromatic carboxylic acids is 1. The summed E-state index contributed by atoms with van der Waals surface area (Å²) >= 11 is 0. The predicted molar refractivity (Wildman–Crippen MR) is 161 cm³/mol. The van der Waals surface area contributed by atoms with Gasteiger partial charge in [-0.2, -0.15) is 0 Å². The third kappa shape index (κ3) is 7.13. The highest BCUT2D eigenvalue weighted by Gasteiger charge is 2.14. The molecule has 4 rings (SSSR count). The van der Waals surface area contributed by atoms with E-state index < -0.39 is 10.9 Å². The molecule has 41 heavy (non-hydrogen) atoms. The molecule has 4 aromatic rings. The maximum Gasteiger partial charge on any atom is 0.336 e. The lowest BCUT2D eigenvalue weighted by Gasteiger charge is -2.15. The van der Waals surface area contributed by atoms with E-state index in [1.807, 2.05) is 68.4 Å². The Balaban J connectivity index is 1.48. The highest BCUT2D eigenvalue weighted by atomic mass is 16.6. The zero-order valence-corrected chi connectivity index (χ0v) is 23.3. The molecule has 4 aromatic carbocycles. The summed E-state index contributed by atoms with van der Waals surface area (Å²) in [6, 6.07) is 26.8. The lowest BCUT2D eigenvalue weighted by Crippen LogP contribution is -2.23. The third-order valence-electron chi connectivity index (χ3n) is 7.23. The van der Waals surface area contributed by atoms with Crippen LogP contribution in [0.25, 0.3) is 16.7 Å². The molecule has 0 saturated carbocycles. The van der Waals surface area contributed by atoms with Gasteiger partial charge in [0.2, 0.25) is 0 Å². The number of nitro benzene ring substituents is 1. The van der Waals surface area contributed by atoms with E-state index in [1.165, 1.54) is 12.1 Å². The smallest absolute Gasteiger partial charge is 0.336 e. The number of nitrogens with one attached hydrogen (secondary N) is 1. The van der Waals surface area contributed by atoms with E-state index in [0.717, 1.165) is 51.8 Å². The van der Waals surface area contributed by atoms with E-state index in [9.17, 15) is 24.8 Å². The number of rotatable bonds is 10. The molecule has 7 heteroatoms. The molecule has 0 spiro atoms. The van der Waals surface area contributed by atoms with Crippen LogP contribution in [0.5, 0.6) is 0 Å². The first-order valence-electron chi connectivity index (χ1n) is 13.3. The van der Waals surface area contributed by atoms with Crippen molar-refractivity contribution in [3.63, 3.8) is 0 Å². The van der Waals surface area contributed by atoms with Gasteiger partial charge in [0.1, 0.15) is 0 Å². The van der Waals surface area contributed by atoms with Gasteiger partial charge in [0.25, 0.3) is 11.6 Å². The van der Waals surface area contributed by atoms with Gasteiger partial charge in [0.05, 0.1) is 10.5 Å². The number of hydrogen-bond donors (Lipinski definition) is 2. The molecule has 7 nitrogen and oxygen atoms in total. The van der Waals surface area contributed by atoms with Gasteiger partial charge in [0, 0.05) is 24.2 Å². The van der Waals surface area contributed by atoms with E-state index in [-0.39, 0.29) is 23.7 Å². The van der Waals surface area contributed by atoms with Crippen LogP contribution in [0.15, 0.2) is 96.6 Å². The largest absolute Gasteiger partial charge is 0.478 e. The van der Waals surface area contributed by atoms with E-state index in [2.05, 4.69) is 12.2 Å². The summed E-state index contributed by atoms with van der Waals surface area (Å²) in [7, 11) is 0. The number of amides is 1. The zero-order chi connectivity index (χ0) is 29.5. The molecule has 208 valence electrons. The highest BCUT2D eigenvalue weighted by Crippen LogP contribution is 2.27. The van der Waals surface area contributed by atoms with Crippen molar-refractivity contribution in [1.29, 1.82) is 0 Å². The van der Waals surface area contributed by atoms with E-state index in [4.69, 9.17) is 0 Å².